The molecule has 172 valence electrons. The van der Waals surface area contributed by atoms with E-state index in [0.717, 1.165) is 22.0 Å². The van der Waals surface area contributed by atoms with Crippen molar-refractivity contribution in [2.45, 2.75) is 18.4 Å². The minimum atomic E-state index is -1.70. The van der Waals surface area contributed by atoms with Gasteiger partial charge in [0.25, 0.3) is 5.91 Å². The van der Waals surface area contributed by atoms with Crippen LogP contribution in [0, 0.1) is 23.7 Å². The van der Waals surface area contributed by atoms with Crippen LogP contribution in [0.4, 0.5) is 5.69 Å². The van der Waals surface area contributed by atoms with Gasteiger partial charge >= 0.3 is 0 Å². The lowest BCUT2D eigenvalue weighted by molar-refractivity contribution is -0.128. The predicted octanol–water partition coefficient (Wildman–Crippen LogP) is 4.75. The van der Waals surface area contributed by atoms with Gasteiger partial charge in [-0.05, 0) is 31.7 Å². The lowest BCUT2D eigenvalue weighted by Gasteiger charge is -2.41. The van der Waals surface area contributed by atoms with E-state index in [1.165, 1.54) is 0 Å². The average Bonchev–Trinajstić information content (AvgIpc) is 3.52. The highest BCUT2D eigenvalue weighted by molar-refractivity contribution is 6.18. The Bertz CT molecular complexity index is 1550. The second kappa shape index (κ2) is 7.39. The van der Waals surface area contributed by atoms with Crippen molar-refractivity contribution in [3.05, 3.63) is 101 Å². The monoisotopic (exact) mass is 460 g/mol. The summed E-state index contributed by atoms with van der Waals surface area (Å²) in [4.78, 5) is 33.8. The first-order chi connectivity index (χ1) is 16.9. The molecule has 1 spiro atoms. The SMILES string of the molecule is Cc1ccc2c(c1)C1(C(=O)N2)N(C)C[C@@H](c2ccccc2)[C@]1(C#N)C(=O)c1c[nH]c2ccccc12. The molecule has 4 aromatic rings. The molecule has 1 aromatic heterocycles. The van der Waals surface area contributed by atoms with E-state index in [2.05, 4.69) is 16.4 Å². The number of carbonyl (C=O) groups excluding carboxylic acids is 2. The highest BCUT2D eigenvalue weighted by Crippen LogP contribution is 2.63. The third-order valence-electron chi connectivity index (χ3n) is 7.83. The van der Waals surface area contributed by atoms with Gasteiger partial charge in [0.2, 0.25) is 0 Å². The molecule has 0 saturated carbocycles. The van der Waals surface area contributed by atoms with Gasteiger partial charge in [0.15, 0.2) is 16.7 Å². The Kier molecular flexibility index (Phi) is 4.51. The van der Waals surface area contributed by atoms with Crippen molar-refractivity contribution in [2.24, 2.45) is 5.41 Å². The zero-order valence-electron chi connectivity index (χ0n) is 19.5. The topological polar surface area (TPSA) is 89.0 Å². The van der Waals surface area contributed by atoms with E-state index in [9.17, 15) is 14.9 Å². The number of hydrogen-bond acceptors (Lipinski definition) is 4. The van der Waals surface area contributed by atoms with Crippen LogP contribution in [0.15, 0.2) is 79.0 Å². The summed E-state index contributed by atoms with van der Waals surface area (Å²) < 4.78 is 0. The molecule has 2 aliphatic heterocycles. The standard InChI is InChI=1S/C29H24N4O2/c1-18-12-13-25-22(14-18)29(27(35)32-25)28(17-30,23(16-33(29)2)19-8-4-3-5-9-19)26(34)21-15-31-24-11-7-6-10-20(21)24/h3-15,23,31H,16H2,1-2H3,(H,32,35)/t23-,28+,29?/m0/s1. The number of likely N-dealkylation sites (tertiary alicyclic amines) is 1. The zero-order chi connectivity index (χ0) is 24.4. The fourth-order valence-corrected chi connectivity index (χ4v) is 6.32. The molecule has 3 heterocycles. The summed E-state index contributed by atoms with van der Waals surface area (Å²) in [5, 5.41) is 14.8. The van der Waals surface area contributed by atoms with E-state index in [0.29, 0.717) is 23.4 Å². The molecular weight excluding hydrogens is 436 g/mol. The molecule has 3 aromatic carbocycles. The first-order valence-electron chi connectivity index (χ1n) is 11.7. The molecule has 35 heavy (non-hydrogen) atoms. The molecule has 1 fully saturated rings. The van der Waals surface area contributed by atoms with Gasteiger partial charge in [0, 0.05) is 46.4 Å². The van der Waals surface area contributed by atoms with Crippen molar-refractivity contribution in [1.82, 2.24) is 9.88 Å². The molecule has 1 amide bonds. The number of nitrogens with one attached hydrogen (secondary N) is 2. The summed E-state index contributed by atoms with van der Waals surface area (Å²) in [5.74, 6) is -1.20. The number of amides is 1. The number of ketones is 1. The van der Waals surface area contributed by atoms with Crippen molar-refractivity contribution in [2.75, 3.05) is 18.9 Å². The number of nitriles is 1. The zero-order valence-corrected chi connectivity index (χ0v) is 19.5. The summed E-state index contributed by atoms with van der Waals surface area (Å²) in [7, 11) is 1.84. The average molecular weight is 461 g/mol. The number of benzene rings is 3. The number of para-hydroxylation sites is 1. The Balaban J connectivity index is 1.70. The van der Waals surface area contributed by atoms with Crippen LogP contribution in [-0.4, -0.2) is 35.2 Å². The minimum absolute atomic E-state index is 0.339. The summed E-state index contributed by atoms with van der Waals surface area (Å²) in [5.41, 5.74) is 1.21. The number of aromatic amines is 1. The summed E-state index contributed by atoms with van der Waals surface area (Å²) >= 11 is 0. The summed E-state index contributed by atoms with van der Waals surface area (Å²) in [6, 6.07) is 25.3. The molecule has 6 rings (SSSR count). The van der Waals surface area contributed by atoms with E-state index in [1.807, 2.05) is 91.7 Å². The van der Waals surface area contributed by atoms with Crippen molar-refractivity contribution < 1.29 is 9.59 Å². The second-order valence-electron chi connectivity index (χ2n) is 9.55. The number of hydrogen-bond donors (Lipinski definition) is 2. The molecule has 3 atom stereocenters. The number of aromatic nitrogens is 1. The molecule has 2 N–H and O–H groups in total. The Labute approximate surface area is 203 Å². The van der Waals surface area contributed by atoms with Gasteiger partial charge in [0.05, 0.1) is 6.07 Å². The van der Waals surface area contributed by atoms with Crippen molar-refractivity contribution in [3.63, 3.8) is 0 Å². The third kappa shape index (κ3) is 2.56. The van der Waals surface area contributed by atoms with Crippen LogP contribution >= 0.6 is 0 Å². The Morgan fingerprint density at radius 1 is 1.09 bits per heavy atom. The maximum atomic E-state index is 14.8. The van der Waals surface area contributed by atoms with Crippen molar-refractivity contribution in [3.8, 4) is 6.07 Å². The first kappa shape index (κ1) is 21.3. The number of rotatable bonds is 3. The number of Topliss-reactive ketones (excluding diaryl/α,β-unsaturated/α-hetero) is 1. The number of aryl methyl sites for hydroxylation is 1. The molecule has 2 aliphatic rings. The van der Waals surface area contributed by atoms with E-state index < -0.39 is 16.9 Å². The van der Waals surface area contributed by atoms with Crippen LogP contribution in [0.25, 0.3) is 10.9 Å². The van der Waals surface area contributed by atoms with E-state index >= 15 is 0 Å². The lowest BCUT2D eigenvalue weighted by Crippen LogP contribution is -2.58. The minimum Gasteiger partial charge on any atom is -0.360 e. The van der Waals surface area contributed by atoms with Crippen LogP contribution in [0.5, 0.6) is 0 Å². The van der Waals surface area contributed by atoms with Gasteiger partial charge in [-0.25, -0.2) is 0 Å². The number of anilines is 1. The molecule has 6 heteroatoms. The summed E-state index contributed by atoms with van der Waals surface area (Å²) in [6.07, 6.45) is 1.67. The number of H-pyrrole nitrogens is 1. The van der Waals surface area contributed by atoms with Gasteiger partial charge in [0.1, 0.15) is 0 Å². The van der Waals surface area contributed by atoms with Crippen LogP contribution < -0.4 is 5.32 Å². The molecule has 0 bridgehead atoms. The number of carbonyl (C=O) groups is 2. The maximum Gasteiger partial charge on any atom is 0.251 e. The number of fused-ring (bicyclic) bond motifs is 3. The third-order valence-corrected chi connectivity index (χ3v) is 7.83. The normalized spacial score (nSPS) is 25.5. The highest BCUT2D eigenvalue weighted by Gasteiger charge is 2.74. The highest BCUT2D eigenvalue weighted by atomic mass is 16.2. The van der Waals surface area contributed by atoms with Gasteiger partial charge in [-0.15, -0.1) is 0 Å². The summed E-state index contributed by atoms with van der Waals surface area (Å²) in [6.45, 7) is 2.34. The molecule has 1 unspecified atom stereocenters. The fourth-order valence-electron chi connectivity index (χ4n) is 6.32. The van der Waals surface area contributed by atoms with Crippen LogP contribution in [0.2, 0.25) is 0 Å². The van der Waals surface area contributed by atoms with Gasteiger partial charge in [-0.3, -0.25) is 14.5 Å². The van der Waals surface area contributed by atoms with Crippen LogP contribution in [0.1, 0.15) is 33.0 Å². The van der Waals surface area contributed by atoms with Crippen molar-refractivity contribution in [1.29, 1.82) is 5.26 Å². The van der Waals surface area contributed by atoms with E-state index in [1.54, 1.807) is 6.20 Å². The molecule has 0 aliphatic carbocycles. The molecule has 0 radical (unpaired) electrons. The number of nitrogens with zero attached hydrogens (tertiary/aromatic N) is 2. The van der Waals surface area contributed by atoms with Gasteiger partial charge < -0.3 is 10.3 Å². The van der Waals surface area contributed by atoms with E-state index in [-0.39, 0.29) is 11.7 Å². The van der Waals surface area contributed by atoms with E-state index in [4.69, 9.17) is 0 Å². The van der Waals surface area contributed by atoms with Crippen LogP contribution in [0.3, 0.4) is 0 Å². The lowest BCUT2D eigenvalue weighted by atomic mass is 9.58. The second-order valence-corrected chi connectivity index (χ2v) is 9.55. The van der Waals surface area contributed by atoms with Gasteiger partial charge in [-0.2, -0.15) is 5.26 Å². The Morgan fingerprint density at radius 3 is 2.60 bits per heavy atom. The maximum absolute atomic E-state index is 14.8. The largest absolute Gasteiger partial charge is 0.360 e. The van der Waals surface area contributed by atoms with Crippen molar-refractivity contribution >= 4 is 28.3 Å². The predicted molar refractivity (Wildman–Crippen MR) is 134 cm³/mol. The molecule has 6 nitrogen and oxygen atoms in total. The Hall–Kier alpha value is -4.21. The smallest absolute Gasteiger partial charge is 0.251 e. The quantitative estimate of drug-likeness (QED) is 0.432. The van der Waals surface area contributed by atoms with Crippen LogP contribution in [-0.2, 0) is 10.3 Å². The number of likely N-dealkylation sites (N-methyl/N-ethyl adjacent to an activating group) is 1. The fraction of sp³-hybridized carbons (Fsp3) is 0.207. The molecule has 1 saturated heterocycles. The first-order valence-corrected chi connectivity index (χ1v) is 11.7. The molecular formula is C29H24N4O2. The Morgan fingerprint density at radius 2 is 1.83 bits per heavy atom. The van der Waals surface area contributed by atoms with Gasteiger partial charge in [-0.1, -0.05) is 66.2 Å².